The molecule has 0 saturated carbocycles. The maximum absolute atomic E-state index is 5.96. The van der Waals surface area contributed by atoms with Crippen molar-refractivity contribution in [2.45, 2.75) is 32.2 Å². The molecule has 1 atom stereocenters. The van der Waals surface area contributed by atoms with Gasteiger partial charge in [0, 0.05) is 18.0 Å². The first-order valence-corrected chi connectivity index (χ1v) is 6.98. The lowest BCUT2D eigenvalue weighted by Gasteiger charge is -2.46. The number of nitrogens with two attached hydrogens (primary N) is 1. The van der Waals surface area contributed by atoms with Crippen LogP contribution in [0.25, 0.3) is 0 Å². The van der Waals surface area contributed by atoms with Gasteiger partial charge in [-0.15, -0.1) is 0 Å². The fourth-order valence-electron chi connectivity index (χ4n) is 2.77. The van der Waals surface area contributed by atoms with Gasteiger partial charge in [-0.05, 0) is 23.6 Å². The molecule has 19 heavy (non-hydrogen) atoms. The molecule has 0 amide bonds. The van der Waals surface area contributed by atoms with E-state index < -0.39 is 0 Å². The molecule has 1 aromatic rings. The quantitative estimate of drug-likeness (QED) is 0.874. The fourth-order valence-corrected chi connectivity index (χ4v) is 2.77. The third kappa shape index (κ3) is 2.69. The maximum Gasteiger partial charge on any atom is 0.0575 e. The third-order valence-electron chi connectivity index (χ3n) is 4.20. The minimum absolute atomic E-state index is 0.0536. The van der Waals surface area contributed by atoms with Crippen LogP contribution in [0.1, 0.15) is 37.9 Å². The van der Waals surface area contributed by atoms with Crippen molar-refractivity contribution in [3.05, 3.63) is 35.4 Å². The molecule has 0 aromatic heterocycles. The molecule has 1 fully saturated rings. The SMILES string of the molecule is CNC(c1ccc(C(C)(C)C)cc1)C1(CN)COC1. The van der Waals surface area contributed by atoms with Crippen LogP contribution in [0, 0.1) is 5.41 Å². The smallest absolute Gasteiger partial charge is 0.0575 e. The number of hydrogen-bond donors (Lipinski definition) is 2. The molecule has 0 radical (unpaired) electrons. The summed E-state index contributed by atoms with van der Waals surface area (Å²) in [4.78, 5) is 0. The number of hydrogen-bond acceptors (Lipinski definition) is 3. The first kappa shape index (κ1) is 14.5. The van der Waals surface area contributed by atoms with Crippen molar-refractivity contribution in [2.24, 2.45) is 11.1 Å². The third-order valence-corrected chi connectivity index (χ3v) is 4.20. The summed E-state index contributed by atoms with van der Waals surface area (Å²) < 4.78 is 5.39. The van der Waals surface area contributed by atoms with Crippen molar-refractivity contribution < 1.29 is 4.74 Å². The Kier molecular flexibility index (Phi) is 4.00. The predicted octanol–water partition coefficient (Wildman–Crippen LogP) is 2.22. The first-order valence-electron chi connectivity index (χ1n) is 6.98. The number of benzene rings is 1. The zero-order valence-electron chi connectivity index (χ0n) is 12.5. The van der Waals surface area contributed by atoms with Gasteiger partial charge in [0.2, 0.25) is 0 Å². The standard InChI is InChI=1S/C16H26N2O/c1-15(2,3)13-7-5-12(6-8-13)14(18-4)16(9-17)10-19-11-16/h5-8,14,18H,9-11,17H2,1-4H3. The van der Waals surface area contributed by atoms with E-state index in [1.54, 1.807) is 0 Å². The van der Waals surface area contributed by atoms with E-state index in [9.17, 15) is 0 Å². The lowest BCUT2D eigenvalue weighted by Crippen LogP contribution is -2.55. The molecular formula is C16H26N2O. The monoisotopic (exact) mass is 262 g/mol. The summed E-state index contributed by atoms with van der Waals surface area (Å²) in [5.74, 6) is 0. The molecule has 0 aliphatic carbocycles. The van der Waals surface area contributed by atoms with Gasteiger partial charge in [-0.1, -0.05) is 45.0 Å². The van der Waals surface area contributed by atoms with Crippen LogP contribution in [0.5, 0.6) is 0 Å². The van der Waals surface area contributed by atoms with Crippen LogP contribution in [0.4, 0.5) is 0 Å². The van der Waals surface area contributed by atoms with E-state index in [1.165, 1.54) is 11.1 Å². The second-order valence-corrected chi connectivity index (χ2v) is 6.65. The van der Waals surface area contributed by atoms with Crippen LogP contribution in [-0.2, 0) is 10.2 Å². The topological polar surface area (TPSA) is 47.3 Å². The van der Waals surface area contributed by atoms with Crippen molar-refractivity contribution in [3.63, 3.8) is 0 Å². The van der Waals surface area contributed by atoms with E-state index in [1.807, 2.05) is 7.05 Å². The summed E-state index contributed by atoms with van der Waals surface area (Å²) >= 11 is 0. The lowest BCUT2D eigenvalue weighted by atomic mass is 9.74. The van der Waals surface area contributed by atoms with Crippen LogP contribution in [0.3, 0.4) is 0 Å². The normalized spacial score (nSPS) is 19.8. The second kappa shape index (κ2) is 5.23. The van der Waals surface area contributed by atoms with Crippen LogP contribution in [0.15, 0.2) is 24.3 Å². The van der Waals surface area contributed by atoms with Crippen molar-refractivity contribution in [2.75, 3.05) is 26.8 Å². The Bertz CT molecular complexity index is 410. The van der Waals surface area contributed by atoms with E-state index in [4.69, 9.17) is 10.5 Å². The highest BCUT2D eigenvalue weighted by molar-refractivity contribution is 5.31. The lowest BCUT2D eigenvalue weighted by molar-refractivity contribution is -0.126. The van der Waals surface area contributed by atoms with Crippen LogP contribution in [0.2, 0.25) is 0 Å². The van der Waals surface area contributed by atoms with Gasteiger partial charge in [0.05, 0.1) is 13.2 Å². The Morgan fingerprint density at radius 2 is 1.84 bits per heavy atom. The highest BCUT2D eigenvalue weighted by Gasteiger charge is 2.44. The van der Waals surface area contributed by atoms with E-state index in [2.05, 4.69) is 50.4 Å². The number of rotatable bonds is 4. The zero-order valence-corrected chi connectivity index (χ0v) is 12.5. The van der Waals surface area contributed by atoms with Crippen LogP contribution >= 0.6 is 0 Å². The Morgan fingerprint density at radius 3 is 2.16 bits per heavy atom. The van der Waals surface area contributed by atoms with Crippen LogP contribution < -0.4 is 11.1 Å². The first-order chi connectivity index (χ1) is 8.93. The second-order valence-electron chi connectivity index (χ2n) is 6.65. The molecule has 1 unspecified atom stereocenters. The summed E-state index contributed by atoms with van der Waals surface area (Å²) in [5.41, 5.74) is 8.86. The molecule has 2 rings (SSSR count). The summed E-state index contributed by atoms with van der Waals surface area (Å²) in [6, 6.07) is 9.15. The number of ether oxygens (including phenoxy) is 1. The van der Waals surface area contributed by atoms with E-state index in [-0.39, 0.29) is 16.9 Å². The summed E-state index contributed by atoms with van der Waals surface area (Å²) in [6.07, 6.45) is 0. The minimum atomic E-state index is 0.0536. The van der Waals surface area contributed by atoms with Gasteiger partial charge in [-0.3, -0.25) is 0 Å². The Balaban J connectivity index is 2.25. The highest BCUT2D eigenvalue weighted by Crippen LogP contribution is 2.39. The molecule has 3 nitrogen and oxygen atoms in total. The number of nitrogens with one attached hydrogen (secondary N) is 1. The summed E-state index contributed by atoms with van der Waals surface area (Å²) in [6.45, 7) is 8.85. The van der Waals surface area contributed by atoms with Gasteiger partial charge in [0.1, 0.15) is 0 Å². The van der Waals surface area contributed by atoms with Gasteiger partial charge in [-0.2, -0.15) is 0 Å². The van der Waals surface area contributed by atoms with Crippen molar-refractivity contribution in [1.82, 2.24) is 5.32 Å². The zero-order chi connectivity index (χ0) is 14.1. The molecule has 1 aliphatic rings. The minimum Gasteiger partial charge on any atom is -0.380 e. The van der Waals surface area contributed by atoms with Gasteiger partial charge in [-0.25, -0.2) is 0 Å². The molecule has 3 N–H and O–H groups in total. The fraction of sp³-hybridized carbons (Fsp3) is 0.625. The Hall–Kier alpha value is -0.900. The molecule has 106 valence electrons. The predicted molar refractivity (Wildman–Crippen MR) is 79.2 cm³/mol. The van der Waals surface area contributed by atoms with E-state index in [0.29, 0.717) is 6.54 Å². The van der Waals surface area contributed by atoms with Crippen molar-refractivity contribution in [3.8, 4) is 0 Å². The largest absolute Gasteiger partial charge is 0.380 e. The molecule has 0 spiro atoms. The maximum atomic E-state index is 5.96. The van der Waals surface area contributed by atoms with E-state index >= 15 is 0 Å². The van der Waals surface area contributed by atoms with E-state index in [0.717, 1.165) is 13.2 Å². The molecule has 0 bridgehead atoms. The molecule has 3 heteroatoms. The van der Waals surface area contributed by atoms with Gasteiger partial charge >= 0.3 is 0 Å². The summed E-state index contributed by atoms with van der Waals surface area (Å²) in [7, 11) is 2.00. The Labute approximate surface area is 116 Å². The molecular weight excluding hydrogens is 236 g/mol. The van der Waals surface area contributed by atoms with Crippen molar-refractivity contribution >= 4 is 0 Å². The molecule has 1 aromatic carbocycles. The average molecular weight is 262 g/mol. The molecule has 1 saturated heterocycles. The molecule has 1 aliphatic heterocycles. The summed E-state index contributed by atoms with van der Waals surface area (Å²) in [5, 5.41) is 3.41. The molecule has 1 heterocycles. The van der Waals surface area contributed by atoms with Gasteiger partial charge in [0.25, 0.3) is 0 Å². The van der Waals surface area contributed by atoms with Crippen molar-refractivity contribution in [1.29, 1.82) is 0 Å². The van der Waals surface area contributed by atoms with Gasteiger partial charge < -0.3 is 15.8 Å². The van der Waals surface area contributed by atoms with Crippen LogP contribution in [-0.4, -0.2) is 26.8 Å². The Morgan fingerprint density at radius 1 is 1.26 bits per heavy atom. The van der Waals surface area contributed by atoms with Gasteiger partial charge in [0.15, 0.2) is 0 Å². The average Bonchev–Trinajstić information content (AvgIpc) is 2.33. The highest BCUT2D eigenvalue weighted by atomic mass is 16.5.